The third-order valence-corrected chi connectivity index (χ3v) is 6.89. The number of thiazole rings is 1. The molecule has 0 bridgehead atoms. The van der Waals surface area contributed by atoms with Crippen molar-refractivity contribution in [3.05, 3.63) is 35.6 Å². The van der Waals surface area contributed by atoms with Crippen LogP contribution in [0.1, 0.15) is 115 Å². The van der Waals surface area contributed by atoms with Gasteiger partial charge < -0.3 is 5.32 Å². The van der Waals surface area contributed by atoms with E-state index in [-0.39, 0.29) is 5.91 Å². The summed E-state index contributed by atoms with van der Waals surface area (Å²) < 4.78 is 0. The van der Waals surface area contributed by atoms with E-state index in [9.17, 15) is 4.79 Å². The van der Waals surface area contributed by atoms with Crippen LogP contribution in [0.4, 0.5) is 0 Å². The predicted molar refractivity (Wildman–Crippen MR) is 137 cm³/mol. The minimum Gasteiger partial charge on any atom is -0.350 e. The Kier molecular flexibility index (Phi) is 14.7. The van der Waals surface area contributed by atoms with Crippen LogP contribution in [0.5, 0.6) is 0 Å². The summed E-state index contributed by atoms with van der Waals surface area (Å²) in [5.41, 5.74) is 1.99. The Morgan fingerprint density at radius 2 is 1.34 bits per heavy atom. The van der Waals surface area contributed by atoms with Gasteiger partial charge in [0.2, 0.25) is 5.91 Å². The van der Waals surface area contributed by atoms with Gasteiger partial charge in [-0.05, 0) is 18.6 Å². The molecule has 0 fully saturated rings. The number of unbranched alkanes of at least 4 members (excludes halogenated alkanes) is 14. The van der Waals surface area contributed by atoms with Crippen LogP contribution in [-0.4, -0.2) is 15.9 Å². The number of hydrogen-bond donors (Lipinski definition) is 1. The molecule has 0 aliphatic carbocycles. The monoisotopic (exact) mass is 457 g/mol. The first-order chi connectivity index (χ1) is 15.8. The van der Waals surface area contributed by atoms with Crippen molar-refractivity contribution in [3.8, 4) is 10.6 Å². The molecule has 0 saturated heterocycles. The van der Waals surface area contributed by atoms with E-state index in [0.717, 1.165) is 29.1 Å². The van der Waals surface area contributed by atoms with Crippen LogP contribution in [0.15, 0.2) is 29.9 Å². The van der Waals surface area contributed by atoms with Gasteiger partial charge in [0.25, 0.3) is 0 Å². The van der Waals surface area contributed by atoms with E-state index in [1.807, 2.05) is 17.5 Å². The smallest absolute Gasteiger partial charge is 0.220 e. The molecule has 2 aromatic heterocycles. The van der Waals surface area contributed by atoms with Crippen molar-refractivity contribution < 1.29 is 4.79 Å². The standard InChI is InChI=1S/C27H43N3OS/c1-2-3-4-5-6-7-8-9-10-11-12-13-14-15-16-17-26(31)29-22-25-23-32-27(30-25)24-18-20-28-21-19-24/h18-21,23H,2-17,22H2,1H3,(H,29,31). The van der Waals surface area contributed by atoms with Crippen molar-refractivity contribution in [2.45, 2.75) is 116 Å². The van der Waals surface area contributed by atoms with Crippen LogP contribution >= 0.6 is 11.3 Å². The Morgan fingerprint density at radius 3 is 1.91 bits per heavy atom. The molecule has 0 saturated carbocycles. The van der Waals surface area contributed by atoms with Crippen molar-refractivity contribution in [1.82, 2.24) is 15.3 Å². The highest BCUT2D eigenvalue weighted by Gasteiger charge is 2.06. The molecule has 1 N–H and O–H groups in total. The third kappa shape index (κ3) is 12.3. The second-order valence-electron chi connectivity index (χ2n) is 8.86. The number of rotatable bonds is 19. The number of pyridine rings is 1. The minimum atomic E-state index is 0.137. The number of amides is 1. The van der Waals surface area contributed by atoms with Gasteiger partial charge in [-0.25, -0.2) is 4.98 Å². The third-order valence-electron chi connectivity index (χ3n) is 5.95. The van der Waals surface area contributed by atoms with Crippen LogP contribution in [0.2, 0.25) is 0 Å². The molecule has 0 aromatic carbocycles. The number of nitrogens with one attached hydrogen (secondary N) is 1. The fourth-order valence-corrected chi connectivity index (χ4v) is 4.78. The van der Waals surface area contributed by atoms with Gasteiger partial charge in [-0.3, -0.25) is 9.78 Å². The van der Waals surface area contributed by atoms with Gasteiger partial charge >= 0.3 is 0 Å². The molecule has 0 aliphatic heterocycles. The fraction of sp³-hybridized carbons (Fsp3) is 0.667. The van der Waals surface area contributed by atoms with Crippen LogP contribution in [0.25, 0.3) is 10.6 Å². The van der Waals surface area contributed by atoms with E-state index >= 15 is 0 Å². The molecular formula is C27H43N3OS. The highest BCUT2D eigenvalue weighted by molar-refractivity contribution is 7.13. The zero-order valence-electron chi connectivity index (χ0n) is 20.1. The Labute approximate surface area is 199 Å². The van der Waals surface area contributed by atoms with Gasteiger partial charge in [0.05, 0.1) is 12.2 Å². The molecule has 0 atom stereocenters. The summed E-state index contributed by atoms with van der Waals surface area (Å²) >= 11 is 1.60. The van der Waals surface area contributed by atoms with E-state index < -0.39 is 0 Å². The number of hydrogen-bond acceptors (Lipinski definition) is 4. The molecule has 2 aromatic rings. The predicted octanol–water partition coefficient (Wildman–Crippen LogP) is 8.08. The van der Waals surface area contributed by atoms with Crippen LogP contribution in [-0.2, 0) is 11.3 Å². The number of carbonyl (C=O) groups excluding carboxylic acids is 1. The molecule has 2 rings (SSSR count). The van der Waals surface area contributed by atoms with Gasteiger partial charge in [-0.1, -0.05) is 96.8 Å². The molecule has 5 heteroatoms. The first-order valence-corrected chi connectivity index (χ1v) is 13.8. The van der Waals surface area contributed by atoms with Gasteiger partial charge in [0, 0.05) is 29.8 Å². The van der Waals surface area contributed by atoms with E-state index in [2.05, 4.69) is 22.2 Å². The largest absolute Gasteiger partial charge is 0.350 e. The molecule has 0 radical (unpaired) electrons. The summed E-state index contributed by atoms with van der Waals surface area (Å²) in [5.74, 6) is 0.137. The average Bonchev–Trinajstić information content (AvgIpc) is 3.30. The lowest BCUT2D eigenvalue weighted by Gasteiger charge is -2.04. The van der Waals surface area contributed by atoms with E-state index in [1.54, 1.807) is 23.7 Å². The molecule has 0 spiro atoms. The van der Waals surface area contributed by atoms with Crippen molar-refractivity contribution in [2.24, 2.45) is 0 Å². The summed E-state index contributed by atoms with van der Waals surface area (Å²) in [6, 6.07) is 3.91. The molecule has 178 valence electrons. The van der Waals surface area contributed by atoms with Crippen LogP contribution in [0.3, 0.4) is 0 Å². The molecule has 0 unspecified atom stereocenters. The Balaban J connectivity index is 1.37. The minimum absolute atomic E-state index is 0.137. The summed E-state index contributed by atoms with van der Waals surface area (Å²) in [5, 5.41) is 6.00. The second-order valence-corrected chi connectivity index (χ2v) is 9.71. The van der Waals surface area contributed by atoms with Crippen molar-refractivity contribution in [1.29, 1.82) is 0 Å². The summed E-state index contributed by atoms with van der Waals surface area (Å²) in [6.45, 7) is 2.79. The molecule has 4 nitrogen and oxygen atoms in total. The number of aromatic nitrogens is 2. The second kappa shape index (κ2) is 17.8. The Hall–Kier alpha value is -1.75. The lowest BCUT2D eigenvalue weighted by molar-refractivity contribution is -0.121. The lowest BCUT2D eigenvalue weighted by Crippen LogP contribution is -2.22. The van der Waals surface area contributed by atoms with Crippen molar-refractivity contribution >= 4 is 17.2 Å². The highest BCUT2D eigenvalue weighted by Crippen LogP contribution is 2.22. The maximum absolute atomic E-state index is 12.1. The van der Waals surface area contributed by atoms with Crippen molar-refractivity contribution in [3.63, 3.8) is 0 Å². The average molecular weight is 458 g/mol. The topological polar surface area (TPSA) is 54.9 Å². The maximum Gasteiger partial charge on any atom is 0.220 e. The SMILES string of the molecule is CCCCCCCCCCCCCCCCCC(=O)NCc1csc(-c2ccncc2)n1. The summed E-state index contributed by atoms with van der Waals surface area (Å²) in [4.78, 5) is 20.7. The number of carbonyl (C=O) groups is 1. The van der Waals surface area contributed by atoms with Crippen molar-refractivity contribution in [2.75, 3.05) is 0 Å². The quantitative estimate of drug-likeness (QED) is 0.217. The zero-order chi connectivity index (χ0) is 22.7. The highest BCUT2D eigenvalue weighted by atomic mass is 32.1. The molecule has 32 heavy (non-hydrogen) atoms. The van der Waals surface area contributed by atoms with E-state index in [0.29, 0.717) is 13.0 Å². The summed E-state index contributed by atoms with van der Waals surface area (Å²) in [7, 11) is 0. The Morgan fingerprint density at radius 1 is 0.812 bits per heavy atom. The Bertz CT molecular complexity index is 717. The summed E-state index contributed by atoms with van der Waals surface area (Å²) in [6.07, 6.45) is 24.3. The molecule has 1 amide bonds. The van der Waals surface area contributed by atoms with E-state index in [1.165, 1.54) is 83.5 Å². The molecule has 0 aliphatic rings. The fourth-order valence-electron chi connectivity index (χ4n) is 3.95. The first kappa shape index (κ1) is 26.5. The van der Waals surface area contributed by atoms with E-state index in [4.69, 9.17) is 0 Å². The van der Waals surface area contributed by atoms with Gasteiger partial charge in [-0.15, -0.1) is 11.3 Å². The first-order valence-electron chi connectivity index (χ1n) is 12.9. The molecular weight excluding hydrogens is 414 g/mol. The van der Waals surface area contributed by atoms with Gasteiger partial charge in [0.15, 0.2) is 0 Å². The molecule has 2 heterocycles. The normalized spacial score (nSPS) is 11.0. The maximum atomic E-state index is 12.1. The van der Waals surface area contributed by atoms with Gasteiger partial charge in [0.1, 0.15) is 5.01 Å². The zero-order valence-corrected chi connectivity index (χ0v) is 20.9. The van der Waals surface area contributed by atoms with Crippen LogP contribution in [0, 0.1) is 0 Å². The number of nitrogens with zero attached hydrogens (tertiary/aromatic N) is 2. The van der Waals surface area contributed by atoms with Gasteiger partial charge in [-0.2, -0.15) is 0 Å². The van der Waals surface area contributed by atoms with Crippen LogP contribution < -0.4 is 5.32 Å². The lowest BCUT2D eigenvalue weighted by atomic mass is 10.0.